The van der Waals surface area contributed by atoms with Gasteiger partial charge in [0.1, 0.15) is 0 Å². The quantitative estimate of drug-likeness (QED) is 0.116. The molecular weight excluding hydrogens is 418 g/mol. The summed E-state index contributed by atoms with van der Waals surface area (Å²) in [7, 11) is 0. The molecular formula is C21H41N5O6. The molecule has 11 nitrogen and oxygen atoms in total. The van der Waals surface area contributed by atoms with Gasteiger partial charge in [-0.15, -0.1) is 0 Å². The Morgan fingerprint density at radius 3 is 2.28 bits per heavy atom. The highest BCUT2D eigenvalue weighted by Gasteiger charge is 2.15. The molecule has 0 aromatic rings. The minimum atomic E-state index is -0.971. The van der Waals surface area contributed by atoms with E-state index in [0.717, 1.165) is 13.0 Å². The molecule has 0 fully saturated rings. The summed E-state index contributed by atoms with van der Waals surface area (Å²) < 4.78 is 0. The normalized spacial score (nSPS) is 12.6. The van der Waals surface area contributed by atoms with Gasteiger partial charge in [-0.1, -0.05) is 26.2 Å². The van der Waals surface area contributed by atoms with Gasteiger partial charge in [0.15, 0.2) is 0 Å². The van der Waals surface area contributed by atoms with Crippen LogP contribution in [0.5, 0.6) is 0 Å². The number of carbonyl (C=O) groups excluding carboxylic acids is 3. The summed E-state index contributed by atoms with van der Waals surface area (Å²) in [6, 6.07) is -1.24. The highest BCUT2D eigenvalue weighted by molar-refractivity contribution is 5.87. The lowest BCUT2D eigenvalue weighted by Crippen LogP contribution is -2.46. The van der Waals surface area contributed by atoms with Crippen molar-refractivity contribution >= 4 is 23.7 Å². The van der Waals surface area contributed by atoms with E-state index in [-0.39, 0.29) is 44.9 Å². The van der Waals surface area contributed by atoms with Gasteiger partial charge in [-0.05, 0) is 38.8 Å². The fourth-order valence-electron chi connectivity index (χ4n) is 2.85. The summed E-state index contributed by atoms with van der Waals surface area (Å²) in [5, 5.41) is 28.8. The number of amides is 3. The Morgan fingerprint density at radius 2 is 1.62 bits per heavy atom. The van der Waals surface area contributed by atoms with Crippen molar-refractivity contribution in [3.63, 3.8) is 0 Å². The third-order valence-corrected chi connectivity index (χ3v) is 4.79. The fourth-order valence-corrected chi connectivity index (χ4v) is 2.85. The molecule has 8 N–H and O–H groups in total. The molecule has 0 saturated carbocycles. The van der Waals surface area contributed by atoms with Gasteiger partial charge < -0.3 is 37.2 Å². The number of hydrogen-bond donors (Lipinski definition) is 7. The molecule has 11 heteroatoms. The third-order valence-electron chi connectivity index (χ3n) is 4.79. The van der Waals surface area contributed by atoms with Crippen LogP contribution in [0.3, 0.4) is 0 Å². The zero-order valence-corrected chi connectivity index (χ0v) is 19.2. The molecule has 0 rings (SSSR count). The van der Waals surface area contributed by atoms with Gasteiger partial charge in [0.2, 0.25) is 17.7 Å². The highest BCUT2D eigenvalue weighted by atomic mass is 16.4. The van der Waals surface area contributed by atoms with Crippen molar-refractivity contribution in [1.82, 2.24) is 21.3 Å². The minimum Gasteiger partial charge on any atom is -0.481 e. The first-order valence-corrected chi connectivity index (χ1v) is 11.4. The van der Waals surface area contributed by atoms with Crippen molar-refractivity contribution in [3.05, 3.63) is 0 Å². The average Bonchev–Trinajstić information content (AvgIpc) is 2.75. The largest absolute Gasteiger partial charge is 0.481 e. The number of nitrogens with two attached hydrogens (primary N) is 1. The van der Waals surface area contributed by atoms with Crippen LogP contribution in [0.4, 0.5) is 0 Å². The number of aliphatic hydroxyl groups excluding tert-OH is 1. The number of carboxylic acids is 1. The predicted octanol–water partition coefficient (Wildman–Crippen LogP) is -0.772. The molecule has 0 aliphatic heterocycles. The van der Waals surface area contributed by atoms with Gasteiger partial charge in [0.05, 0.1) is 25.2 Å². The van der Waals surface area contributed by atoms with Crippen molar-refractivity contribution in [3.8, 4) is 0 Å². The number of aliphatic carboxylic acids is 1. The van der Waals surface area contributed by atoms with Crippen molar-refractivity contribution in [2.24, 2.45) is 5.73 Å². The molecule has 0 aliphatic rings. The molecule has 0 aliphatic carbocycles. The van der Waals surface area contributed by atoms with Gasteiger partial charge in [0.25, 0.3) is 0 Å². The molecule has 0 radical (unpaired) electrons. The second-order valence-electron chi connectivity index (χ2n) is 7.76. The molecule has 2 atom stereocenters. The van der Waals surface area contributed by atoms with E-state index in [1.807, 2.05) is 0 Å². The van der Waals surface area contributed by atoms with E-state index >= 15 is 0 Å². The number of aliphatic hydroxyl groups is 1. The van der Waals surface area contributed by atoms with Crippen LogP contribution in [0.2, 0.25) is 0 Å². The number of carboxylic acid groups (broad SMARTS) is 1. The maximum absolute atomic E-state index is 12.0. The van der Waals surface area contributed by atoms with Crippen LogP contribution in [0, 0.1) is 0 Å². The van der Waals surface area contributed by atoms with Crippen LogP contribution in [0.1, 0.15) is 64.7 Å². The van der Waals surface area contributed by atoms with Crippen LogP contribution in [0.15, 0.2) is 0 Å². The second-order valence-corrected chi connectivity index (χ2v) is 7.76. The summed E-state index contributed by atoms with van der Waals surface area (Å²) in [6.07, 6.45) is 5.63. The molecule has 0 aromatic carbocycles. The van der Waals surface area contributed by atoms with E-state index in [1.54, 1.807) is 0 Å². The van der Waals surface area contributed by atoms with E-state index in [1.165, 1.54) is 19.3 Å². The number of rotatable bonds is 20. The van der Waals surface area contributed by atoms with Crippen LogP contribution in [-0.2, 0) is 19.2 Å². The first kappa shape index (κ1) is 29.8. The first-order valence-electron chi connectivity index (χ1n) is 11.4. The van der Waals surface area contributed by atoms with E-state index in [9.17, 15) is 24.3 Å². The number of hydrogen-bond acceptors (Lipinski definition) is 7. The zero-order valence-electron chi connectivity index (χ0n) is 19.2. The summed E-state index contributed by atoms with van der Waals surface area (Å²) in [5.74, 6) is -2.12. The van der Waals surface area contributed by atoms with Crippen LogP contribution in [0.25, 0.3) is 0 Å². The van der Waals surface area contributed by atoms with Gasteiger partial charge >= 0.3 is 5.97 Å². The summed E-state index contributed by atoms with van der Waals surface area (Å²) >= 11 is 0. The molecule has 0 heterocycles. The fraction of sp³-hybridized carbons (Fsp3) is 0.810. The molecule has 3 amide bonds. The summed E-state index contributed by atoms with van der Waals surface area (Å²) in [5.41, 5.74) is 5.84. The molecule has 0 saturated heterocycles. The Hall–Kier alpha value is -2.24. The van der Waals surface area contributed by atoms with Crippen molar-refractivity contribution in [1.29, 1.82) is 0 Å². The summed E-state index contributed by atoms with van der Waals surface area (Å²) in [6.45, 7) is 3.38. The Bertz CT molecular complexity index is 561. The highest BCUT2D eigenvalue weighted by Crippen LogP contribution is 1.98. The van der Waals surface area contributed by atoms with E-state index < -0.39 is 29.9 Å². The molecule has 0 aromatic heterocycles. The molecule has 1 unspecified atom stereocenters. The van der Waals surface area contributed by atoms with Gasteiger partial charge in [-0.3, -0.25) is 19.2 Å². The Labute approximate surface area is 190 Å². The van der Waals surface area contributed by atoms with Crippen LogP contribution < -0.4 is 27.0 Å². The molecule has 32 heavy (non-hydrogen) atoms. The smallest absolute Gasteiger partial charge is 0.303 e. The Morgan fingerprint density at radius 1 is 0.875 bits per heavy atom. The third kappa shape index (κ3) is 17.4. The van der Waals surface area contributed by atoms with Gasteiger partial charge in [-0.25, -0.2) is 0 Å². The van der Waals surface area contributed by atoms with E-state index in [0.29, 0.717) is 19.4 Å². The molecule has 186 valence electrons. The van der Waals surface area contributed by atoms with E-state index in [4.69, 9.17) is 10.8 Å². The van der Waals surface area contributed by atoms with Crippen molar-refractivity contribution < 1.29 is 29.4 Å². The topological polar surface area (TPSA) is 183 Å². The second kappa shape index (κ2) is 19.4. The monoisotopic (exact) mass is 459 g/mol. The van der Waals surface area contributed by atoms with Crippen LogP contribution in [-0.4, -0.2) is 78.8 Å². The molecule has 0 spiro atoms. The maximum atomic E-state index is 12.0. The van der Waals surface area contributed by atoms with Gasteiger partial charge in [0, 0.05) is 19.4 Å². The molecule has 0 bridgehead atoms. The SMILES string of the molecule is CCCCCCNCC[C@H](N)C(=O)NCC(=O)NCCC(CO)NC(=O)CCCC(=O)O. The first-order chi connectivity index (χ1) is 15.3. The van der Waals surface area contributed by atoms with Crippen molar-refractivity contribution in [2.75, 3.05) is 32.8 Å². The number of carbonyl (C=O) groups is 4. The average molecular weight is 460 g/mol. The number of nitrogens with one attached hydrogen (secondary N) is 4. The summed E-state index contributed by atoms with van der Waals surface area (Å²) in [4.78, 5) is 46.0. The lowest BCUT2D eigenvalue weighted by atomic mass is 10.2. The van der Waals surface area contributed by atoms with Gasteiger partial charge in [-0.2, -0.15) is 0 Å². The lowest BCUT2D eigenvalue weighted by Gasteiger charge is -2.17. The van der Waals surface area contributed by atoms with Crippen molar-refractivity contribution in [2.45, 2.75) is 76.8 Å². The maximum Gasteiger partial charge on any atom is 0.303 e. The van der Waals surface area contributed by atoms with Crippen LogP contribution >= 0.6 is 0 Å². The van der Waals surface area contributed by atoms with E-state index in [2.05, 4.69) is 28.2 Å². The lowest BCUT2D eigenvalue weighted by molar-refractivity contribution is -0.137. The predicted molar refractivity (Wildman–Crippen MR) is 121 cm³/mol. The minimum absolute atomic E-state index is 0.0514. The standard InChI is InChI=1S/C21H41N5O6/c1-2-3-4-5-11-23-12-10-17(22)21(32)25-14-19(29)24-13-9-16(15-27)26-18(28)7-6-8-20(30)31/h16-17,23,27H,2-15,22H2,1H3,(H,24,29)(H,25,32)(H,26,28)(H,30,31)/t16?,17-/m0/s1. The zero-order chi connectivity index (χ0) is 24.2. The Balaban J connectivity index is 3.89. The Kier molecular flexibility index (Phi) is 18.1. The number of unbranched alkanes of at least 4 members (excludes halogenated alkanes) is 3.